The van der Waals surface area contributed by atoms with Gasteiger partial charge in [0.25, 0.3) is 0 Å². The number of ketones is 1. The van der Waals surface area contributed by atoms with Gasteiger partial charge in [0.1, 0.15) is 0 Å². The molecule has 0 aliphatic heterocycles. The Labute approximate surface area is 137 Å². The molecule has 0 saturated carbocycles. The number of ether oxygens (including phenoxy) is 1. The third kappa shape index (κ3) is 3.17. The molecule has 1 heterocycles. The molecule has 0 spiro atoms. The Morgan fingerprint density at radius 3 is 2.64 bits per heavy atom. The molecule has 22 heavy (non-hydrogen) atoms. The predicted molar refractivity (Wildman–Crippen MR) is 90.4 cm³/mol. The first kappa shape index (κ1) is 14.7. The number of fused-ring (bicyclic) bond motifs is 1. The summed E-state index contributed by atoms with van der Waals surface area (Å²) in [4.78, 5) is 16.5. The van der Waals surface area contributed by atoms with E-state index in [0.717, 1.165) is 20.9 Å². The fourth-order valence-electron chi connectivity index (χ4n) is 2.28. The maximum absolute atomic E-state index is 12.1. The second kappa shape index (κ2) is 6.28. The molecule has 110 valence electrons. The van der Waals surface area contributed by atoms with Crippen molar-refractivity contribution in [2.24, 2.45) is 0 Å². The Balaban J connectivity index is 1.76. The van der Waals surface area contributed by atoms with Gasteiger partial charge in [-0.15, -0.1) is 0 Å². The SMILES string of the molecule is Cc1nc(OCC(=O)c2ccc(Br)cc2)cc2ccccc12. The number of aromatic nitrogens is 1. The van der Waals surface area contributed by atoms with Gasteiger partial charge in [0.15, 0.2) is 12.4 Å². The van der Waals surface area contributed by atoms with E-state index in [0.29, 0.717) is 11.4 Å². The van der Waals surface area contributed by atoms with Gasteiger partial charge in [0.2, 0.25) is 5.88 Å². The standard InChI is InChI=1S/C18H14BrNO2/c1-12-16-5-3-2-4-14(16)10-18(20-12)22-11-17(21)13-6-8-15(19)9-7-13/h2-10H,11H2,1H3. The van der Waals surface area contributed by atoms with Crippen LogP contribution in [0.3, 0.4) is 0 Å². The average Bonchev–Trinajstić information content (AvgIpc) is 2.53. The maximum atomic E-state index is 12.1. The number of carbonyl (C=O) groups excluding carboxylic acids is 1. The normalized spacial score (nSPS) is 10.6. The zero-order valence-corrected chi connectivity index (χ0v) is 13.6. The van der Waals surface area contributed by atoms with Crippen LogP contribution in [0.2, 0.25) is 0 Å². The summed E-state index contributed by atoms with van der Waals surface area (Å²) in [5, 5.41) is 2.15. The van der Waals surface area contributed by atoms with Gasteiger partial charge in [-0.05, 0) is 24.4 Å². The molecule has 3 rings (SSSR count). The summed E-state index contributed by atoms with van der Waals surface area (Å²) in [7, 11) is 0. The Hall–Kier alpha value is -2.20. The molecule has 0 N–H and O–H groups in total. The highest BCUT2D eigenvalue weighted by Gasteiger charge is 2.08. The van der Waals surface area contributed by atoms with Crippen LogP contribution in [0.1, 0.15) is 16.1 Å². The Morgan fingerprint density at radius 1 is 1.14 bits per heavy atom. The van der Waals surface area contributed by atoms with Crippen molar-refractivity contribution in [2.45, 2.75) is 6.92 Å². The monoisotopic (exact) mass is 355 g/mol. The zero-order chi connectivity index (χ0) is 15.5. The van der Waals surface area contributed by atoms with Gasteiger partial charge in [0, 0.05) is 27.2 Å². The Bertz CT molecular complexity index is 828. The van der Waals surface area contributed by atoms with Crippen molar-refractivity contribution < 1.29 is 9.53 Å². The molecule has 0 atom stereocenters. The van der Waals surface area contributed by atoms with Crippen LogP contribution in [0.25, 0.3) is 10.8 Å². The summed E-state index contributed by atoms with van der Waals surface area (Å²) in [6.07, 6.45) is 0. The maximum Gasteiger partial charge on any atom is 0.214 e. The van der Waals surface area contributed by atoms with Gasteiger partial charge in [-0.2, -0.15) is 0 Å². The van der Waals surface area contributed by atoms with E-state index in [2.05, 4.69) is 20.9 Å². The quantitative estimate of drug-likeness (QED) is 0.643. The molecule has 0 aliphatic rings. The van der Waals surface area contributed by atoms with E-state index in [9.17, 15) is 4.79 Å². The summed E-state index contributed by atoms with van der Waals surface area (Å²) in [5.41, 5.74) is 1.52. The van der Waals surface area contributed by atoms with Crippen molar-refractivity contribution in [3.63, 3.8) is 0 Å². The van der Waals surface area contributed by atoms with E-state index >= 15 is 0 Å². The molecule has 2 aromatic carbocycles. The predicted octanol–water partition coefficient (Wildman–Crippen LogP) is 4.57. The molecule has 0 fully saturated rings. The fraction of sp³-hybridized carbons (Fsp3) is 0.111. The summed E-state index contributed by atoms with van der Waals surface area (Å²) in [5.74, 6) is 0.404. The minimum absolute atomic E-state index is 0.0214. The summed E-state index contributed by atoms with van der Waals surface area (Å²) in [6.45, 7) is 1.91. The first-order valence-corrected chi connectivity index (χ1v) is 7.71. The van der Waals surface area contributed by atoms with Crippen LogP contribution >= 0.6 is 15.9 Å². The van der Waals surface area contributed by atoms with Crippen molar-refractivity contribution in [1.82, 2.24) is 4.98 Å². The molecule has 4 heteroatoms. The third-order valence-electron chi connectivity index (χ3n) is 3.42. The number of nitrogens with zero attached hydrogens (tertiary/aromatic N) is 1. The van der Waals surface area contributed by atoms with E-state index in [1.165, 1.54) is 0 Å². The lowest BCUT2D eigenvalue weighted by Gasteiger charge is -2.08. The van der Waals surface area contributed by atoms with E-state index in [-0.39, 0.29) is 12.4 Å². The van der Waals surface area contributed by atoms with Crippen molar-refractivity contribution in [3.05, 3.63) is 70.3 Å². The van der Waals surface area contributed by atoms with Crippen molar-refractivity contribution in [2.75, 3.05) is 6.61 Å². The number of benzene rings is 2. The van der Waals surface area contributed by atoms with E-state index in [4.69, 9.17) is 4.74 Å². The van der Waals surface area contributed by atoms with Crippen LogP contribution in [0, 0.1) is 6.92 Å². The summed E-state index contributed by atoms with van der Waals surface area (Å²) < 4.78 is 6.51. The Morgan fingerprint density at radius 2 is 1.86 bits per heavy atom. The number of aryl methyl sites for hydroxylation is 1. The van der Waals surface area contributed by atoms with Crippen LogP contribution in [0.15, 0.2) is 59.1 Å². The van der Waals surface area contributed by atoms with Gasteiger partial charge in [0.05, 0.1) is 0 Å². The molecular formula is C18H14BrNO2. The van der Waals surface area contributed by atoms with Crippen LogP contribution in [-0.4, -0.2) is 17.4 Å². The lowest BCUT2D eigenvalue weighted by Crippen LogP contribution is -2.12. The fourth-order valence-corrected chi connectivity index (χ4v) is 2.54. The van der Waals surface area contributed by atoms with Gasteiger partial charge in [-0.1, -0.05) is 52.3 Å². The highest BCUT2D eigenvalue weighted by atomic mass is 79.9. The number of pyridine rings is 1. The van der Waals surface area contributed by atoms with Gasteiger partial charge in [-0.3, -0.25) is 4.79 Å². The van der Waals surface area contributed by atoms with E-state index < -0.39 is 0 Å². The molecule has 3 nitrogen and oxygen atoms in total. The zero-order valence-electron chi connectivity index (χ0n) is 12.0. The molecule has 0 amide bonds. The molecular weight excluding hydrogens is 342 g/mol. The van der Waals surface area contributed by atoms with Crippen LogP contribution in [0.5, 0.6) is 5.88 Å². The van der Waals surface area contributed by atoms with Crippen molar-refractivity contribution >= 4 is 32.5 Å². The van der Waals surface area contributed by atoms with Crippen LogP contribution in [-0.2, 0) is 0 Å². The summed E-state index contributed by atoms with van der Waals surface area (Å²) >= 11 is 3.35. The highest BCUT2D eigenvalue weighted by molar-refractivity contribution is 9.10. The average molecular weight is 356 g/mol. The second-order valence-corrected chi connectivity index (χ2v) is 5.90. The molecule has 0 aliphatic carbocycles. The highest BCUT2D eigenvalue weighted by Crippen LogP contribution is 2.21. The van der Waals surface area contributed by atoms with Crippen LogP contribution in [0.4, 0.5) is 0 Å². The number of Topliss-reactive ketones (excluding diaryl/α,β-unsaturated/α-hetero) is 1. The topological polar surface area (TPSA) is 39.2 Å². The number of hydrogen-bond donors (Lipinski definition) is 0. The number of carbonyl (C=O) groups is 1. The molecule has 3 aromatic rings. The molecule has 0 saturated heterocycles. The lowest BCUT2D eigenvalue weighted by molar-refractivity contribution is 0.0918. The minimum atomic E-state index is -0.0693. The van der Waals surface area contributed by atoms with Crippen molar-refractivity contribution in [1.29, 1.82) is 0 Å². The van der Waals surface area contributed by atoms with E-state index in [1.807, 2.05) is 49.4 Å². The molecule has 0 radical (unpaired) electrons. The van der Waals surface area contributed by atoms with Gasteiger partial charge >= 0.3 is 0 Å². The molecule has 0 unspecified atom stereocenters. The molecule has 0 bridgehead atoms. The first-order chi connectivity index (χ1) is 10.6. The largest absolute Gasteiger partial charge is 0.469 e. The lowest BCUT2D eigenvalue weighted by atomic mass is 10.1. The number of hydrogen-bond acceptors (Lipinski definition) is 3. The number of halogens is 1. The van der Waals surface area contributed by atoms with Gasteiger partial charge < -0.3 is 4.74 Å². The number of rotatable bonds is 4. The smallest absolute Gasteiger partial charge is 0.214 e. The summed E-state index contributed by atoms with van der Waals surface area (Å²) in [6, 6.07) is 17.1. The first-order valence-electron chi connectivity index (χ1n) is 6.91. The van der Waals surface area contributed by atoms with Crippen molar-refractivity contribution in [3.8, 4) is 5.88 Å². The van der Waals surface area contributed by atoms with Gasteiger partial charge in [-0.25, -0.2) is 4.98 Å². The third-order valence-corrected chi connectivity index (χ3v) is 3.95. The Kier molecular flexibility index (Phi) is 4.20. The van der Waals surface area contributed by atoms with E-state index in [1.54, 1.807) is 12.1 Å². The molecule has 1 aromatic heterocycles. The minimum Gasteiger partial charge on any atom is -0.469 e. The van der Waals surface area contributed by atoms with Crippen LogP contribution < -0.4 is 4.74 Å². The second-order valence-electron chi connectivity index (χ2n) is 4.99.